The summed E-state index contributed by atoms with van der Waals surface area (Å²) < 4.78 is 13.2. The summed E-state index contributed by atoms with van der Waals surface area (Å²) >= 11 is 0. The first-order valence-electron chi connectivity index (χ1n) is 16.0. The first kappa shape index (κ1) is 29.3. The molecule has 1 fully saturated rings. The second-order valence-corrected chi connectivity index (χ2v) is 13.2. The van der Waals surface area contributed by atoms with Crippen molar-refractivity contribution < 1.29 is 9.31 Å². The van der Waals surface area contributed by atoms with Gasteiger partial charge in [0, 0.05) is 16.7 Å². The average Bonchev–Trinajstić information content (AvgIpc) is 3.34. The minimum absolute atomic E-state index is 0.488. The Kier molecular flexibility index (Phi) is 7.01. The van der Waals surface area contributed by atoms with Gasteiger partial charge in [0.25, 0.3) is 0 Å². The molecule has 47 heavy (non-hydrogen) atoms. The highest BCUT2D eigenvalue weighted by atomic mass is 16.7. The number of benzene rings is 6. The van der Waals surface area contributed by atoms with Crippen molar-refractivity contribution in [1.29, 1.82) is 0 Å². The van der Waals surface area contributed by atoms with Crippen LogP contribution >= 0.6 is 0 Å². The van der Waals surface area contributed by atoms with Crippen LogP contribution in [-0.2, 0) is 9.31 Å². The second-order valence-electron chi connectivity index (χ2n) is 13.2. The molecule has 0 aliphatic carbocycles. The molecule has 1 aliphatic heterocycles. The predicted molar refractivity (Wildman–Crippen MR) is 192 cm³/mol. The van der Waals surface area contributed by atoms with E-state index in [-0.39, 0.29) is 0 Å². The van der Waals surface area contributed by atoms with Crippen LogP contribution in [0.15, 0.2) is 133 Å². The van der Waals surface area contributed by atoms with Gasteiger partial charge in [-0.05, 0) is 78.0 Å². The lowest BCUT2D eigenvalue weighted by Gasteiger charge is -2.32. The van der Waals surface area contributed by atoms with Crippen molar-refractivity contribution in [3.63, 3.8) is 0 Å². The number of hydrogen-bond donors (Lipinski definition) is 0. The van der Waals surface area contributed by atoms with Crippen LogP contribution in [0.3, 0.4) is 0 Å². The van der Waals surface area contributed by atoms with Gasteiger partial charge < -0.3 is 9.31 Å². The lowest BCUT2D eigenvalue weighted by Crippen LogP contribution is -2.41. The summed E-state index contributed by atoms with van der Waals surface area (Å²) in [5.41, 5.74) is 4.82. The Morgan fingerprint density at radius 2 is 0.915 bits per heavy atom. The van der Waals surface area contributed by atoms with Gasteiger partial charge >= 0.3 is 7.12 Å². The van der Waals surface area contributed by atoms with Crippen molar-refractivity contribution in [2.24, 2.45) is 0 Å². The molecular weight excluding hydrogens is 577 g/mol. The molecule has 0 unspecified atom stereocenters. The molecule has 6 heteroatoms. The van der Waals surface area contributed by atoms with Crippen LogP contribution in [0.2, 0.25) is 0 Å². The summed E-state index contributed by atoms with van der Waals surface area (Å²) in [7, 11) is -0.561. The zero-order valence-electron chi connectivity index (χ0n) is 26.9. The first-order valence-corrected chi connectivity index (χ1v) is 16.0. The standard InChI is InChI=1S/C41H34BN3O2/c1-40(2)41(3,4)47-42(46-40)32-24-30(36-26-29-19-11-12-20-33(29)34-21-13-14-22-35(34)36)23-31(25-32)39-44-37(27-15-7-5-8-16-27)43-38(45-39)28-17-9-6-10-18-28/h5-26H,1-4H3. The molecule has 0 atom stereocenters. The van der Waals surface area contributed by atoms with Gasteiger partial charge in [0.1, 0.15) is 0 Å². The van der Waals surface area contributed by atoms with E-state index in [1.165, 1.54) is 21.5 Å². The quantitative estimate of drug-likeness (QED) is 0.144. The number of fused-ring (bicyclic) bond motifs is 3. The van der Waals surface area contributed by atoms with E-state index in [1.54, 1.807) is 0 Å². The lowest BCUT2D eigenvalue weighted by molar-refractivity contribution is 0.00578. The van der Waals surface area contributed by atoms with Gasteiger partial charge in [0.2, 0.25) is 0 Å². The fraction of sp³-hybridized carbons (Fsp3) is 0.146. The predicted octanol–water partition coefficient (Wildman–Crippen LogP) is 9.15. The largest absolute Gasteiger partial charge is 0.494 e. The normalized spacial score (nSPS) is 15.4. The Morgan fingerprint density at radius 3 is 1.51 bits per heavy atom. The third kappa shape index (κ3) is 5.30. The third-order valence-electron chi connectivity index (χ3n) is 9.52. The van der Waals surface area contributed by atoms with Crippen molar-refractivity contribution in [3.05, 3.63) is 133 Å². The molecule has 8 rings (SSSR count). The molecule has 0 amide bonds. The van der Waals surface area contributed by atoms with Crippen LogP contribution in [0, 0.1) is 0 Å². The van der Waals surface area contributed by atoms with E-state index in [4.69, 9.17) is 24.3 Å². The molecule has 0 radical (unpaired) electrons. The van der Waals surface area contributed by atoms with Gasteiger partial charge in [-0.3, -0.25) is 0 Å². The average molecular weight is 612 g/mol. The van der Waals surface area contributed by atoms with E-state index in [2.05, 4.69) is 100 Å². The topological polar surface area (TPSA) is 57.1 Å². The molecule has 1 aromatic heterocycles. The Bertz CT molecular complexity index is 2200. The van der Waals surface area contributed by atoms with Crippen molar-refractivity contribution in [2.75, 3.05) is 0 Å². The van der Waals surface area contributed by atoms with Gasteiger partial charge in [-0.1, -0.05) is 121 Å². The van der Waals surface area contributed by atoms with Crippen molar-refractivity contribution >= 4 is 34.1 Å². The minimum atomic E-state index is -0.561. The smallest absolute Gasteiger partial charge is 0.399 e. The van der Waals surface area contributed by atoms with Gasteiger partial charge in [-0.25, -0.2) is 15.0 Å². The molecular formula is C41H34BN3O2. The monoisotopic (exact) mass is 611 g/mol. The van der Waals surface area contributed by atoms with Crippen molar-refractivity contribution in [3.8, 4) is 45.3 Å². The summed E-state index contributed by atoms with van der Waals surface area (Å²) in [5.74, 6) is 1.82. The molecule has 1 aliphatic rings. The van der Waals surface area contributed by atoms with Gasteiger partial charge in [0.05, 0.1) is 11.2 Å². The zero-order valence-corrected chi connectivity index (χ0v) is 26.9. The molecule has 6 aromatic carbocycles. The van der Waals surface area contributed by atoms with E-state index >= 15 is 0 Å². The second kappa shape index (κ2) is 11.3. The molecule has 2 heterocycles. The maximum absolute atomic E-state index is 6.60. The molecule has 5 nitrogen and oxygen atoms in total. The van der Waals surface area contributed by atoms with Crippen molar-refractivity contribution in [2.45, 2.75) is 38.9 Å². The number of rotatable bonds is 5. The van der Waals surface area contributed by atoms with E-state index in [9.17, 15) is 0 Å². The van der Waals surface area contributed by atoms with Crippen LogP contribution in [0.5, 0.6) is 0 Å². The lowest BCUT2D eigenvalue weighted by atomic mass is 9.76. The maximum atomic E-state index is 6.60. The Labute approximate surface area is 275 Å². The Balaban J connectivity index is 1.39. The maximum Gasteiger partial charge on any atom is 0.494 e. The van der Waals surface area contributed by atoms with Crippen LogP contribution in [0.1, 0.15) is 27.7 Å². The molecule has 0 N–H and O–H groups in total. The van der Waals surface area contributed by atoms with Gasteiger partial charge in [-0.2, -0.15) is 0 Å². The van der Waals surface area contributed by atoms with E-state index in [0.29, 0.717) is 17.5 Å². The summed E-state index contributed by atoms with van der Waals surface area (Å²) in [6.07, 6.45) is 0. The zero-order chi connectivity index (χ0) is 32.2. The third-order valence-corrected chi connectivity index (χ3v) is 9.52. The fourth-order valence-electron chi connectivity index (χ4n) is 6.28. The van der Waals surface area contributed by atoms with Crippen LogP contribution in [0.25, 0.3) is 66.8 Å². The summed E-state index contributed by atoms with van der Waals surface area (Å²) in [6.45, 7) is 8.33. The Morgan fingerprint density at radius 1 is 0.447 bits per heavy atom. The van der Waals surface area contributed by atoms with E-state index in [0.717, 1.165) is 33.3 Å². The first-order chi connectivity index (χ1) is 22.8. The van der Waals surface area contributed by atoms with Crippen LogP contribution < -0.4 is 5.46 Å². The number of nitrogens with zero attached hydrogens (tertiary/aromatic N) is 3. The summed E-state index contributed by atoms with van der Waals surface area (Å²) in [5, 5.41) is 4.79. The van der Waals surface area contributed by atoms with Crippen LogP contribution in [0.4, 0.5) is 0 Å². The minimum Gasteiger partial charge on any atom is -0.399 e. The van der Waals surface area contributed by atoms with Crippen LogP contribution in [-0.4, -0.2) is 33.3 Å². The summed E-state index contributed by atoms with van der Waals surface area (Å²) in [6, 6.07) is 46.0. The van der Waals surface area contributed by atoms with Gasteiger partial charge in [-0.15, -0.1) is 0 Å². The SMILES string of the molecule is CC1(C)OB(c2cc(-c3nc(-c4ccccc4)nc(-c4ccccc4)n3)cc(-c3cc4ccccc4c4ccccc34)c2)OC1(C)C. The number of aromatic nitrogens is 3. The van der Waals surface area contributed by atoms with E-state index in [1.807, 2.05) is 60.7 Å². The highest BCUT2D eigenvalue weighted by Gasteiger charge is 2.51. The number of hydrogen-bond acceptors (Lipinski definition) is 5. The molecule has 228 valence electrons. The van der Waals surface area contributed by atoms with Crippen molar-refractivity contribution in [1.82, 2.24) is 15.0 Å². The Hall–Kier alpha value is -5.17. The highest BCUT2D eigenvalue weighted by molar-refractivity contribution is 6.62. The molecule has 0 saturated carbocycles. The molecule has 0 spiro atoms. The molecule has 0 bridgehead atoms. The van der Waals surface area contributed by atoms with E-state index < -0.39 is 18.3 Å². The molecule has 7 aromatic rings. The fourth-order valence-corrected chi connectivity index (χ4v) is 6.28. The molecule has 1 saturated heterocycles. The van der Waals surface area contributed by atoms with Gasteiger partial charge in [0.15, 0.2) is 17.5 Å². The highest BCUT2D eigenvalue weighted by Crippen LogP contribution is 2.39. The summed E-state index contributed by atoms with van der Waals surface area (Å²) in [4.78, 5) is 15.1.